The lowest BCUT2D eigenvalue weighted by molar-refractivity contribution is 0.119. The number of rotatable bonds is 4. The molecular formula is C22H27ClO. The minimum Gasteiger partial charge on any atom is -0.364 e. The molecule has 1 aromatic carbocycles. The second kappa shape index (κ2) is 8.18. The second-order valence-corrected chi connectivity index (χ2v) is 7.24. The maximum atomic E-state index is 6.18. The third-order valence-electron chi connectivity index (χ3n) is 5.11. The molecule has 1 aliphatic heterocycles. The molecule has 0 amide bonds. The van der Waals surface area contributed by atoms with Crippen LogP contribution in [-0.2, 0) is 4.74 Å². The van der Waals surface area contributed by atoms with Gasteiger partial charge >= 0.3 is 0 Å². The molecule has 0 saturated heterocycles. The van der Waals surface area contributed by atoms with E-state index in [0.29, 0.717) is 6.61 Å². The van der Waals surface area contributed by atoms with E-state index in [1.165, 1.54) is 53.5 Å². The largest absolute Gasteiger partial charge is 0.364 e. The Morgan fingerprint density at radius 2 is 1.96 bits per heavy atom. The topological polar surface area (TPSA) is 9.23 Å². The van der Waals surface area contributed by atoms with Crippen LogP contribution in [0, 0.1) is 0 Å². The van der Waals surface area contributed by atoms with E-state index in [-0.39, 0.29) is 6.10 Å². The van der Waals surface area contributed by atoms with E-state index in [1.807, 2.05) is 12.1 Å². The lowest BCUT2D eigenvalue weighted by atomic mass is 9.85. The van der Waals surface area contributed by atoms with E-state index in [9.17, 15) is 0 Å². The third-order valence-corrected chi connectivity index (χ3v) is 5.37. The average molecular weight is 343 g/mol. The fraction of sp³-hybridized carbons (Fsp3) is 0.455. The van der Waals surface area contributed by atoms with Crippen molar-refractivity contribution in [3.8, 4) is 0 Å². The molecule has 0 fully saturated rings. The van der Waals surface area contributed by atoms with Crippen LogP contribution < -0.4 is 0 Å². The zero-order valence-corrected chi connectivity index (χ0v) is 15.4. The van der Waals surface area contributed by atoms with Crippen LogP contribution in [0.3, 0.4) is 0 Å². The Labute approximate surface area is 151 Å². The van der Waals surface area contributed by atoms with Gasteiger partial charge in [0.25, 0.3) is 0 Å². The van der Waals surface area contributed by atoms with E-state index < -0.39 is 0 Å². The van der Waals surface area contributed by atoms with Crippen molar-refractivity contribution in [2.24, 2.45) is 0 Å². The molecule has 24 heavy (non-hydrogen) atoms. The molecule has 1 atom stereocenters. The van der Waals surface area contributed by atoms with Crippen LogP contribution >= 0.6 is 11.6 Å². The van der Waals surface area contributed by atoms with Gasteiger partial charge in [0.2, 0.25) is 0 Å². The first-order valence-corrected chi connectivity index (χ1v) is 9.56. The van der Waals surface area contributed by atoms with E-state index >= 15 is 0 Å². The Kier molecular flexibility index (Phi) is 5.97. The Balaban J connectivity index is 1.87. The average Bonchev–Trinajstić information content (AvgIpc) is 2.99. The maximum Gasteiger partial charge on any atom is 0.105 e. The molecule has 1 aliphatic carbocycles. The summed E-state index contributed by atoms with van der Waals surface area (Å²) in [5, 5.41) is 0.772. The predicted molar refractivity (Wildman–Crippen MR) is 102 cm³/mol. The maximum absolute atomic E-state index is 6.18. The molecule has 2 heteroatoms. The number of hydrogen-bond donors (Lipinski definition) is 0. The van der Waals surface area contributed by atoms with Gasteiger partial charge in [-0.2, -0.15) is 0 Å². The van der Waals surface area contributed by atoms with Gasteiger partial charge in [0.15, 0.2) is 0 Å². The summed E-state index contributed by atoms with van der Waals surface area (Å²) in [5.74, 6) is 0. The molecule has 3 rings (SSSR count). The summed E-state index contributed by atoms with van der Waals surface area (Å²) < 4.78 is 6.18. The molecule has 0 bridgehead atoms. The van der Waals surface area contributed by atoms with Crippen molar-refractivity contribution < 1.29 is 4.74 Å². The van der Waals surface area contributed by atoms with Crippen molar-refractivity contribution in [2.75, 3.05) is 6.61 Å². The predicted octanol–water partition coefficient (Wildman–Crippen LogP) is 6.95. The van der Waals surface area contributed by atoms with Crippen LogP contribution in [0.4, 0.5) is 0 Å². The molecule has 1 nitrogen and oxygen atoms in total. The van der Waals surface area contributed by atoms with Crippen molar-refractivity contribution in [3.05, 3.63) is 69.8 Å². The molecule has 1 aromatic rings. The smallest absolute Gasteiger partial charge is 0.105 e. The number of hydrogen-bond acceptors (Lipinski definition) is 1. The highest BCUT2D eigenvalue weighted by molar-refractivity contribution is 6.30. The molecule has 1 heterocycles. The molecule has 0 saturated carbocycles. The van der Waals surface area contributed by atoms with Gasteiger partial charge in [-0.3, -0.25) is 0 Å². The Morgan fingerprint density at radius 3 is 2.71 bits per heavy atom. The molecule has 128 valence electrons. The molecule has 0 N–H and O–H groups in total. The number of unbranched alkanes of at least 4 members (excludes halogenated alkanes) is 2. The first kappa shape index (κ1) is 17.5. The zero-order chi connectivity index (χ0) is 16.9. The molecular weight excluding hydrogens is 316 g/mol. The van der Waals surface area contributed by atoms with Crippen LogP contribution in [0.15, 0.2) is 59.2 Å². The highest BCUT2D eigenvalue weighted by atomic mass is 35.5. The number of ether oxygens (including phenoxy) is 1. The summed E-state index contributed by atoms with van der Waals surface area (Å²) >= 11 is 6.03. The van der Waals surface area contributed by atoms with Gasteiger partial charge in [0.1, 0.15) is 6.10 Å². The molecule has 0 aromatic heterocycles. The zero-order valence-electron chi connectivity index (χ0n) is 14.6. The number of benzene rings is 1. The van der Waals surface area contributed by atoms with Crippen molar-refractivity contribution in [3.63, 3.8) is 0 Å². The molecule has 2 aliphatic rings. The van der Waals surface area contributed by atoms with Crippen molar-refractivity contribution >= 4 is 11.6 Å². The lowest BCUT2D eigenvalue weighted by Crippen LogP contribution is -2.04. The van der Waals surface area contributed by atoms with Gasteiger partial charge in [-0.15, -0.1) is 0 Å². The van der Waals surface area contributed by atoms with Crippen molar-refractivity contribution in [2.45, 2.75) is 58.0 Å². The van der Waals surface area contributed by atoms with Gasteiger partial charge in [-0.1, -0.05) is 56.2 Å². The Morgan fingerprint density at radius 1 is 1.21 bits per heavy atom. The van der Waals surface area contributed by atoms with Gasteiger partial charge in [0, 0.05) is 5.02 Å². The van der Waals surface area contributed by atoms with E-state index in [2.05, 4.69) is 31.7 Å². The van der Waals surface area contributed by atoms with E-state index in [1.54, 1.807) is 0 Å². The van der Waals surface area contributed by atoms with Crippen LogP contribution in [-0.4, -0.2) is 6.61 Å². The SMILES string of the molecule is C=C1C2=C(CCCC/C1=C\CCCC)C(c1ccc(Cl)cc1)OC2. The summed E-state index contributed by atoms with van der Waals surface area (Å²) in [6.07, 6.45) is 10.9. The summed E-state index contributed by atoms with van der Waals surface area (Å²) in [6.45, 7) is 7.36. The van der Waals surface area contributed by atoms with Gasteiger partial charge in [0.05, 0.1) is 6.61 Å². The van der Waals surface area contributed by atoms with Gasteiger partial charge < -0.3 is 4.74 Å². The van der Waals surface area contributed by atoms with Gasteiger partial charge in [-0.05, 0) is 72.1 Å². The van der Waals surface area contributed by atoms with Crippen LogP contribution in [0.1, 0.15) is 63.5 Å². The fourth-order valence-electron chi connectivity index (χ4n) is 3.70. The fourth-order valence-corrected chi connectivity index (χ4v) is 3.82. The minimum absolute atomic E-state index is 0.0732. The third kappa shape index (κ3) is 3.84. The minimum atomic E-state index is 0.0732. The highest BCUT2D eigenvalue weighted by Crippen LogP contribution is 2.43. The molecule has 0 radical (unpaired) electrons. The Hall–Kier alpha value is -1.31. The summed E-state index contributed by atoms with van der Waals surface area (Å²) in [5.41, 5.74) is 6.64. The van der Waals surface area contributed by atoms with Crippen molar-refractivity contribution in [1.29, 1.82) is 0 Å². The second-order valence-electron chi connectivity index (χ2n) is 6.80. The summed E-state index contributed by atoms with van der Waals surface area (Å²) in [6, 6.07) is 8.07. The number of halogens is 1. The van der Waals surface area contributed by atoms with Gasteiger partial charge in [-0.25, -0.2) is 0 Å². The Bertz CT molecular complexity index is 651. The van der Waals surface area contributed by atoms with Crippen LogP contribution in [0.25, 0.3) is 0 Å². The highest BCUT2D eigenvalue weighted by Gasteiger charge is 2.30. The quantitative estimate of drug-likeness (QED) is 0.537. The summed E-state index contributed by atoms with van der Waals surface area (Å²) in [7, 11) is 0. The summed E-state index contributed by atoms with van der Waals surface area (Å²) in [4.78, 5) is 0. The standard InChI is InChI=1S/C22H27ClO/c1-3-4-5-8-17-9-6-7-10-20-21(16(17)2)15-24-22(20)18-11-13-19(23)14-12-18/h8,11-14,22H,2-7,9-10,15H2,1H3/b17-8+. The first-order chi connectivity index (χ1) is 11.7. The van der Waals surface area contributed by atoms with Crippen molar-refractivity contribution in [1.82, 2.24) is 0 Å². The van der Waals surface area contributed by atoms with Crippen LogP contribution in [0.5, 0.6) is 0 Å². The van der Waals surface area contributed by atoms with E-state index in [0.717, 1.165) is 24.3 Å². The first-order valence-electron chi connectivity index (χ1n) is 9.18. The normalized spacial score (nSPS) is 23.3. The van der Waals surface area contributed by atoms with Crippen LogP contribution in [0.2, 0.25) is 5.02 Å². The lowest BCUT2D eigenvalue weighted by Gasteiger charge is -2.20. The monoisotopic (exact) mass is 342 g/mol. The molecule has 0 spiro atoms. The molecule has 1 unspecified atom stereocenters. The number of allylic oxidation sites excluding steroid dienone is 2. The van der Waals surface area contributed by atoms with E-state index in [4.69, 9.17) is 16.3 Å².